The van der Waals surface area contributed by atoms with Crippen LogP contribution in [0.3, 0.4) is 0 Å². The molecule has 9 aromatic heterocycles. The van der Waals surface area contributed by atoms with Gasteiger partial charge in [-0.05, 0) is 99.6 Å². The zero-order valence-corrected chi connectivity index (χ0v) is 59.3. The van der Waals surface area contributed by atoms with Crippen LogP contribution in [0.25, 0.3) is 117 Å². The topological polar surface area (TPSA) is 292 Å². The van der Waals surface area contributed by atoms with Crippen LogP contribution < -0.4 is 27.2 Å². The number of ether oxygens (including phenoxy) is 1. The van der Waals surface area contributed by atoms with E-state index in [1.54, 1.807) is 32.6 Å². The first-order chi connectivity index (χ1) is 51.1. The minimum absolute atomic E-state index is 0.0150. The van der Waals surface area contributed by atoms with Gasteiger partial charge in [-0.2, -0.15) is 0 Å². The molecule has 0 saturated heterocycles. The maximum Gasteiger partial charge on any atom is 0.216 e. The number of pyridine rings is 3. The fourth-order valence-electron chi connectivity index (χ4n) is 15.2. The van der Waals surface area contributed by atoms with E-state index in [0.29, 0.717) is 60.3 Å². The molecule has 22 heteroatoms. The molecule has 9 heterocycles. The van der Waals surface area contributed by atoms with Crippen molar-refractivity contribution in [3.63, 3.8) is 0 Å². The molecular formula is C83H79N17O4S. The molecule has 1 amide bonds. The molecule has 0 radical (unpaired) electrons. The lowest BCUT2D eigenvalue weighted by Gasteiger charge is -2.34. The summed E-state index contributed by atoms with van der Waals surface area (Å²) in [5.41, 5.74) is 35.7. The van der Waals surface area contributed by atoms with Crippen molar-refractivity contribution in [2.75, 3.05) is 43.7 Å². The highest BCUT2D eigenvalue weighted by molar-refractivity contribution is 7.88. The minimum atomic E-state index is -3.19. The van der Waals surface area contributed by atoms with E-state index in [-0.39, 0.29) is 11.8 Å². The Kier molecular flexibility index (Phi) is 18.5. The van der Waals surface area contributed by atoms with E-state index >= 15 is 0 Å². The lowest BCUT2D eigenvalue weighted by atomic mass is 9.74. The molecule has 21 nitrogen and oxygen atoms in total. The van der Waals surface area contributed by atoms with Gasteiger partial charge >= 0.3 is 0 Å². The Morgan fingerprint density at radius 2 is 0.790 bits per heavy atom. The summed E-state index contributed by atoms with van der Waals surface area (Å²) in [5.74, 6) is 6.05. The molecule has 8 N–H and O–H groups in total. The predicted molar refractivity (Wildman–Crippen MR) is 415 cm³/mol. The van der Waals surface area contributed by atoms with E-state index in [2.05, 4.69) is 149 Å². The van der Waals surface area contributed by atoms with Crippen LogP contribution in [0.2, 0.25) is 0 Å². The average Bonchev–Trinajstić information content (AvgIpc) is 1.60. The molecular weight excluding hydrogens is 1330 g/mol. The Bertz CT molecular complexity index is 5850. The van der Waals surface area contributed by atoms with E-state index in [4.69, 9.17) is 51.8 Å². The summed E-state index contributed by atoms with van der Waals surface area (Å²) < 4.78 is 37.3. The summed E-state index contributed by atoms with van der Waals surface area (Å²) >= 11 is 0. The van der Waals surface area contributed by atoms with E-state index in [9.17, 15) is 13.2 Å². The summed E-state index contributed by atoms with van der Waals surface area (Å²) in [5, 5.41) is 6.14. The van der Waals surface area contributed by atoms with Crippen LogP contribution in [0.1, 0.15) is 93.5 Å². The van der Waals surface area contributed by atoms with Gasteiger partial charge in [0, 0.05) is 132 Å². The normalized spacial score (nSPS) is 17.9. The van der Waals surface area contributed by atoms with Gasteiger partial charge in [-0.15, -0.1) is 0 Å². The number of anilines is 3. The van der Waals surface area contributed by atoms with Crippen LogP contribution in [0.15, 0.2) is 219 Å². The number of sulfonamides is 1. The third-order valence-corrected chi connectivity index (χ3v) is 21.5. The molecule has 105 heavy (non-hydrogen) atoms. The molecule has 0 unspecified atom stereocenters. The molecule has 526 valence electrons. The quantitative estimate of drug-likeness (QED) is 0.0637. The molecule has 0 atom stereocenters. The van der Waals surface area contributed by atoms with Gasteiger partial charge in [0.15, 0.2) is 0 Å². The molecule has 0 spiro atoms. The first-order valence-corrected chi connectivity index (χ1v) is 37.5. The molecule has 0 bridgehead atoms. The van der Waals surface area contributed by atoms with Crippen molar-refractivity contribution in [2.24, 2.45) is 11.8 Å². The van der Waals surface area contributed by atoms with E-state index in [1.807, 2.05) is 89.7 Å². The number of rotatable bonds is 15. The standard InChI is InChI=1S/C28H26N6O.C28H27N5O.C27H26N6O2S/c1-17(35)31-16-18-13-22(14-18)28-33-25(26-27(29)30-11-12-34(26)28)21-8-7-20-9-10-23(32-24(20)15-21)19-5-3-2-4-6-19;1-34-22-12-9-20(10-13-22)28-32-25(26-27(29)30-15-16-33(26)28)21-8-7-19-11-14-23(31-24(19)17-21)18-5-3-2-4-6-18;1-36(34,35)30-16-17-13-21(14-17)27-32-24(25-26(28)29-11-12-33(25)27)20-8-7-19-9-10-22(31-23(19)15-20)18-5-3-2-4-6-18/h2-12,15,18,22H,13-14,16H2,1H3,(H2,29,30)(H,31,35);2-8,11,14-17,20,22H,9-10,12-13H2,1H3,(H2,29,30);2-12,15,17,21,30H,13-14,16H2,1H3,(H2,28,29). The second-order valence-corrected chi connectivity index (χ2v) is 29.6. The lowest BCUT2D eigenvalue weighted by Crippen LogP contribution is -2.35. The first-order valence-electron chi connectivity index (χ1n) is 35.6. The van der Waals surface area contributed by atoms with Crippen molar-refractivity contribution < 1.29 is 17.9 Å². The number of hydrogen-bond acceptors (Lipinski definition) is 16. The summed E-state index contributed by atoms with van der Waals surface area (Å²) in [4.78, 5) is 54.4. The highest BCUT2D eigenvalue weighted by Crippen LogP contribution is 2.46. The van der Waals surface area contributed by atoms with Crippen molar-refractivity contribution in [2.45, 2.75) is 82.1 Å². The molecule has 6 aromatic carbocycles. The molecule has 3 aliphatic carbocycles. The third-order valence-electron chi connectivity index (χ3n) is 20.8. The first kappa shape index (κ1) is 67.6. The number of benzene rings is 6. The number of nitrogens with one attached hydrogen (secondary N) is 2. The lowest BCUT2D eigenvalue weighted by molar-refractivity contribution is -0.119. The van der Waals surface area contributed by atoms with Gasteiger partial charge in [-0.25, -0.2) is 58.0 Å². The molecule has 18 rings (SSSR count). The highest BCUT2D eigenvalue weighted by atomic mass is 32.2. The van der Waals surface area contributed by atoms with Gasteiger partial charge in [0.2, 0.25) is 15.9 Å². The monoisotopic (exact) mass is 1410 g/mol. The maximum absolute atomic E-state index is 11.4. The summed E-state index contributed by atoms with van der Waals surface area (Å²) in [6.45, 7) is 2.72. The fraction of sp³-hybridized carbons (Fsp3) is 0.229. The Morgan fingerprint density at radius 3 is 1.13 bits per heavy atom. The number of hydrogen-bond donors (Lipinski definition) is 5. The van der Waals surface area contributed by atoms with Gasteiger partial charge in [0.1, 0.15) is 68.6 Å². The second kappa shape index (κ2) is 28.8. The highest BCUT2D eigenvalue weighted by Gasteiger charge is 2.37. The number of imidazole rings is 3. The fourth-order valence-corrected chi connectivity index (χ4v) is 15.7. The summed E-state index contributed by atoms with van der Waals surface area (Å²) in [7, 11) is -1.39. The summed E-state index contributed by atoms with van der Waals surface area (Å²) in [6, 6.07) is 61.7. The van der Waals surface area contributed by atoms with Crippen molar-refractivity contribution in [1.82, 2.24) is 68.1 Å². The zero-order chi connectivity index (χ0) is 71.9. The van der Waals surface area contributed by atoms with Crippen molar-refractivity contribution >= 4 is 82.6 Å². The van der Waals surface area contributed by atoms with Crippen LogP contribution >= 0.6 is 0 Å². The number of amides is 1. The Labute approximate surface area is 607 Å². The van der Waals surface area contributed by atoms with Gasteiger partial charge < -0.3 is 27.3 Å². The number of fused-ring (bicyclic) bond motifs is 6. The Balaban J connectivity index is 0.000000121. The van der Waals surface area contributed by atoms with Crippen LogP contribution in [0, 0.1) is 11.8 Å². The number of carbonyl (C=O) groups excluding carboxylic acids is 1. The number of nitrogens with zero attached hydrogens (tertiary/aromatic N) is 12. The Morgan fingerprint density at radius 1 is 0.448 bits per heavy atom. The van der Waals surface area contributed by atoms with Crippen LogP contribution in [0.5, 0.6) is 0 Å². The minimum Gasteiger partial charge on any atom is -0.382 e. The van der Waals surface area contributed by atoms with Crippen LogP contribution in [-0.2, 0) is 19.6 Å². The number of carbonyl (C=O) groups is 1. The van der Waals surface area contributed by atoms with E-state index in [0.717, 1.165) is 186 Å². The Hall–Kier alpha value is -11.9. The maximum atomic E-state index is 11.4. The molecule has 3 saturated carbocycles. The van der Waals surface area contributed by atoms with Gasteiger partial charge in [-0.1, -0.05) is 146 Å². The van der Waals surface area contributed by atoms with Crippen LogP contribution in [0.4, 0.5) is 17.5 Å². The molecule has 3 fully saturated rings. The largest absolute Gasteiger partial charge is 0.382 e. The third kappa shape index (κ3) is 14.0. The van der Waals surface area contributed by atoms with Crippen molar-refractivity contribution in [3.05, 3.63) is 237 Å². The predicted octanol–water partition coefficient (Wildman–Crippen LogP) is 14.9. The number of methoxy groups -OCH3 is 1. The smallest absolute Gasteiger partial charge is 0.216 e. The van der Waals surface area contributed by atoms with E-state index in [1.165, 1.54) is 6.26 Å². The molecule has 3 aliphatic rings. The molecule has 0 aliphatic heterocycles. The summed E-state index contributed by atoms with van der Waals surface area (Å²) in [6.07, 6.45) is 20.4. The SMILES string of the molecule is CC(=O)NCC1CC(c2nc(-c3ccc4ccc(-c5ccccc5)nc4c3)c3c(N)nccn23)C1.COC1CCC(c2nc(-c3ccc4ccc(-c5ccccc5)nc4c3)c3c(N)nccn23)CC1.CS(=O)(=O)NCC1CC(c2nc(-c3ccc4ccc(-c5ccccc5)nc4c3)c3c(N)nccn23)C1. The number of nitrogens with two attached hydrogens (primary N) is 3. The zero-order valence-electron chi connectivity index (χ0n) is 58.5. The number of nitrogen functional groups attached to an aromatic ring is 3. The number of aromatic nitrogens is 12. The van der Waals surface area contributed by atoms with Gasteiger partial charge in [-0.3, -0.25) is 18.0 Å². The van der Waals surface area contributed by atoms with Crippen molar-refractivity contribution in [3.8, 4) is 67.5 Å². The van der Waals surface area contributed by atoms with E-state index < -0.39 is 10.0 Å². The average molecular weight is 1410 g/mol. The van der Waals surface area contributed by atoms with Crippen LogP contribution in [-0.4, -0.2) is 105 Å². The van der Waals surface area contributed by atoms with Crippen molar-refractivity contribution in [1.29, 1.82) is 0 Å². The van der Waals surface area contributed by atoms with Gasteiger partial charge in [0.25, 0.3) is 0 Å². The van der Waals surface area contributed by atoms with Gasteiger partial charge in [0.05, 0.1) is 46.0 Å². The second-order valence-electron chi connectivity index (χ2n) is 27.8. The molecule has 15 aromatic rings.